The Hall–Kier alpha value is -2.91. The Labute approximate surface area is 172 Å². The standard InChI is InChI=1S/C21H23F3N6/c1-26-18(19-17-5-8-27-20(17)28-13-30(19)25)15-6-9-29(10-7-15)12-14-3-2-4-16(11-14)21(22,23)24/h2-5,8,11,13,15,27H,1,6-7,9-10,12,25H2/b19-18-. The topological polar surface area (TPSA) is 73.0 Å². The molecule has 0 atom stereocenters. The minimum Gasteiger partial charge on any atom is -0.346 e. The first-order valence-electron chi connectivity index (χ1n) is 9.72. The van der Waals surface area contributed by atoms with Crippen LogP contribution in [0, 0.1) is 5.92 Å². The number of aromatic nitrogens is 1. The number of fused-ring (bicyclic) bond motifs is 1. The van der Waals surface area contributed by atoms with Crippen molar-refractivity contribution in [3.8, 4) is 0 Å². The molecule has 30 heavy (non-hydrogen) atoms. The fourth-order valence-electron chi connectivity index (χ4n) is 4.11. The number of H-pyrrole nitrogens is 1. The van der Waals surface area contributed by atoms with Crippen molar-refractivity contribution in [3.63, 3.8) is 0 Å². The van der Waals surface area contributed by atoms with Crippen molar-refractivity contribution in [1.82, 2.24) is 14.9 Å². The molecule has 0 amide bonds. The van der Waals surface area contributed by atoms with Gasteiger partial charge in [0.05, 0.1) is 17.0 Å². The highest BCUT2D eigenvalue weighted by atomic mass is 19.4. The van der Waals surface area contributed by atoms with E-state index in [1.54, 1.807) is 18.6 Å². The second-order valence-electron chi connectivity index (χ2n) is 7.53. The minimum absolute atomic E-state index is 0.163. The number of halogens is 3. The summed E-state index contributed by atoms with van der Waals surface area (Å²) >= 11 is 0. The van der Waals surface area contributed by atoms with Crippen LogP contribution < -0.4 is 5.84 Å². The molecule has 1 aromatic heterocycles. The molecular weight excluding hydrogens is 393 g/mol. The average Bonchev–Trinajstić information content (AvgIpc) is 3.20. The largest absolute Gasteiger partial charge is 0.416 e. The molecule has 9 heteroatoms. The number of benzene rings is 1. The number of hydrazine groups is 1. The third-order valence-electron chi connectivity index (χ3n) is 5.60. The molecule has 1 aromatic carbocycles. The number of nitrogens with two attached hydrogens (primary N) is 1. The van der Waals surface area contributed by atoms with E-state index >= 15 is 0 Å². The highest BCUT2D eigenvalue weighted by Crippen LogP contribution is 2.37. The van der Waals surface area contributed by atoms with Gasteiger partial charge in [0, 0.05) is 24.2 Å². The molecule has 2 aliphatic heterocycles. The van der Waals surface area contributed by atoms with Crippen LogP contribution in [-0.2, 0) is 12.7 Å². The van der Waals surface area contributed by atoms with Crippen molar-refractivity contribution in [1.29, 1.82) is 0 Å². The molecule has 0 saturated carbocycles. The predicted octanol–water partition coefficient (Wildman–Crippen LogP) is 4.16. The summed E-state index contributed by atoms with van der Waals surface area (Å²) in [4.78, 5) is 13.8. The van der Waals surface area contributed by atoms with Gasteiger partial charge in [-0.1, -0.05) is 18.2 Å². The maximum Gasteiger partial charge on any atom is 0.416 e. The first-order chi connectivity index (χ1) is 14.4. The van der Waals surface area contributed by atoms with Crippen molar-refractivity contribution in [2.75, 3.05) is 13.1 Å². The monoisotopic (exact) mass is 416 g/mol. The number of alkyl halides is 3. The number of hydrogen-bond acceptors (Lipinski definition) is 5. The van der Waals surface area contributed by atoms with Gasteiger partial charge in [-0.15, -0.1) is 0 Å². The van der Waals surface area contributed by atoms with Crippen LogP contribution in [0.25, 0.3) is 5.70 Å². The normalized spacial score (nSPS) is 19.7. The Morgan fingerprint density at radius 1 is 1.27 bits per heavy atom. The van der Waals surface area contributed by atoms with Crippen LogP contribution in [0.3, 0.4) is 0 Å². The quantitative estimate of drug-likeness (QED) is 0.581. The van der Waals surface area contributed by atoms with Crippen LogP contribution in [0.2, 0.25) is 0 Å². The number of rotatable bonds is 4. The fourth-order valence-corrected chi connectivity index (χ4v) is 4.11. The van der Waals surface area contributed by atoms with E-state index in [4.69, 9.17) is 5.84 Å². The molecule has 2 aromatic rings. The number of allylic oxidation sites excluding steroid dienone is 1. The van der Waals surface area contributed by atoms with Gasteiger partial charge in [0.2, 0.25) is 0 Å². The lowest BCUT2D eigenvalue weighted by atomic mass is 9.90. The molecule has 4 rings (SSSR count). The third-order valence-corrected chi connectivity index (χ3v) is 5.60. The van der Waals surface area contributed by atoms with Gasteiger partial charge < -0.3 is 4.98 Å². The zero-order valence-electron chi connectivity index (χ0n) is 16.4. The van der Waals surface area contributed by atoms with Crippen molar-refractivity contribution in [2.24, 2.45) is 21.7 Å². The summed E-state index contributed by atoms with van der Waals surface area (Å²) in [6, 6.07) is 7.44. The van der Waals surface area contributed by atoms with Crippen LogP contribution in [0.4, 0.5) is 19.0 Å². The molecule has 3 heterocycles. The number of hydrogen-bond donors (Lipinski definition) is 2. The van der Waals surface area contributed by atoms with Gasteiger partial charge in [-0.2, -0.15) is 13.2 Å². The van der Waals surface area contributed by atoms with E-state index in [9.17, 15) is 13.2 Å². The lowest BCUT2D eigenvalue weighted by Gasteiger charge is -2.34. The van der Waals surface area contributed by atoms with Gasteiger partial charge in [-0.3, -0.25) is 14.9 Å². The Bertz CT molecular complexity index is 983. The maximum absolute atomic E-state index is 13.0. The summed E-state index contributed by atoms with van der Waals surface area (Å²) in [5.74, 6) is 7.03. The molecular formula is C21H23F3N6. The van der Waals surface area contributed by atoms with Crippen molar-refractivity contribution in [3.05, 3.63) is 58.9 Å². The zero-order valence-corrected chi connectivity index (χ0v) is 16.4. The van der Waals surface area contributed by atoms with Crippen LogP contribution in [0.1, 0.15) is 29.5 Å². The summed E-state index contributed by atoms with van der Waals surface area (Å²) in [6.45, 7) is 5.76. The second-order valence-corrected chi connectivity index (χ2v) is 7.53. The first-order valence-corrected chi connectivity index (χ1v) is 9.72. The predicted molar refractivity (Wildman–Crippen MR) is 111 cm³/mol. The third kappa shape index (κ3) is 4.03. The number of nitrogens with one attached hydrogen (secondary N) is 1. The molecule has 0 spiro atoms. The summed E-state index contributed by atoms with van der Waals surface area (Å²) < 4.78 is 38.9. The Kier molecular flexibility index (Phi) is 5.48. The number of aliphatic imine (C=N–C) groups is 2. The second kappa shape index (κ2) is 8.08. The lowest BCUT2D eigenvalue weighted by molar-refractivity contribution is -0.137. The van der Waals surface area contributed by atoms with E-state index in [1.807, 2.05) is 6.07 Å². The fraction of sp³-hybridized carbons (Fsp3) is 0.333. The number of aromatic amines is 1. The van der Waals surface area contributed by atoms with Crippen LogP contribution >= 0.6 is 0 Å². The summed E-state index contributed by atoms with van der Waals surface area (Å²) in [5, 5.41) is 1.47. The van der Waals surface area contributed by atoms with E-state index in [1.165, 1.54) is 17.1 Å². The van der Waals surface area contributed by atoms with Gasteiger partial charge >= 0.3 is 6.18 Å². The zero-order chi connectivity index (χ0) is 21.3. The highest BCUT2D eigenvalue weighted by molar-refractivity contribution is 5.87. The van der Waals surface area contributed by atoms with Gasteiger partial charge in [0.25, 0.3) is 0 Å². The van der Waals surface area contributed by atoms with Gasteiger partial charge in [0.1, 0.15) is 12.2 Å². The van der Waals surface area contributed by atoms with Gasteiger partial charge in [0.15, 0.2) is 0 Å². The van der Waals surface area contributed by atoms with Gasteiger partial charge in [-0.25, -0.2) is 10.8 Å². The van der Waals surface area contributed by atoms with Gasteiger partial charge in [-0.05, 0) is 50.3 Å². The maximum atomic E-state index is 13.0. The Morgan fingerprint density at radius 2 is 2.03 bits per heavy atom. The summed E-state index contributed by atoms with van der Waals surface area (Å²) in [5.41, 5.74) is 2.55. The SMILES string of the molecule is C=N/C(=C1/c2cc[nH]c2N=CN1N)C1CCN(Cc2cccc(C(F)(F)F)c2)CC1. The molecule has 0 radical (unpaired) electrons. The van der Waals surface area contributed by atoms with Crippen molar-refractivity contribution < 1.29 is 13.2 Å². The molecule has 0 bridgehead atoms. The number of nitrogens with zero attached hydrogens (tertiary/aromatic N) is 4. The van der Waals surface area contributed by atoms with E-state index in [0.717, 1.165) is 54.8 Å². The highest BCUT2D eigenvalue weighted by Gasteiger charge is 2.31. The summed E-state index contributed by atoms with van der Waals surface area (Å²) in [7, 11) is 0. The van der Waals surface area contributed by atoms with Crippen LogP contribution in [-0.4, -0.2) is 41.0 Å². The molecule has 0 unspecified atom stereocenters. The molecule has 1 fully saturated rings. The summed E-state index contributed by atoms with van der Waals surface area (Å²) in [6.07, 6.45) is 0.666. The lowest BCUT2D eigenvalue weighted by Crippen LogP contribution is -2.36. The average molecular weight is 416 g/mol. The molecule has 158 valence electrons. The molecule has 0 aliphatic carbocycles. The number of piperidine rings is 1. The van der Waals surface area contributed by atoms with Crippen LogP contribution in [0.5, 0.6) is 0 Å². The molecule has 2 aliphatic rings. The van der Waals surface area contributed by atoms with E-state index in [2.05, 4.69) is 26.6 Å². The Balaban J connectivity index is 1.47. The smallest absolute Gasteiger partial charge is 0.346 e. The number of likely N-dealkylation sites (tertiary alicyclic amines) is 1. The molecule has 1 saturated heterocycles. The Morgan fingerprint density at radius 3 is 2.73 bits per heavy atom. The minimum atomic E-state index is -4.33. The van der Waals surface area contributed by atoms with Crippen LogP contribution in [0.15, 0.2) is 52.2 Å². The van der Waals surface area contributed by atoms with E-state index in [-0.39, 0.29) is 5.92 Å². The molecule has 6 nitrogen and oxygen atoms in total. The van der Waals surface area contributed by atoms with Crippen molar-refractivity contribution >= 4 is 24.6 Å². The molecule has 3 N–H and O–H groups in total. The van der Waals surface area contributed by atoms with E-state index < -0.39 is 11.7 Å². The van der Waals surface area contributed by atoms with Crippen molar-refractivity contribution in [2.45, 2.75) is 25.6 Å². The first kappa shape index (κ1) is 20.4. The van der Waals surface area contributed by atoms with E-state index in [0.29, 0.717) is 12.1 Å².